The molecule has 0 aromatic heterocycles. The molecule has 0 aliphatic heterocycles. The van der Waals surface area contributed by atoms with Crippen LogP contribution in [-0.2, 0) is 9.53 Å². The van der Waals surface area contributed by atoms with Crippen molar-refractivity contribution in [3.05, 3.63) is 24.3 Å². The molecule has 0 heterocycles. The minimum atomic E-state index is -1.08. The second-order valence-corrected chi connectivity index (χ2v) is 2.03. The summed E-state index contributed by atoms with van der Waals surface area (Å²) < 4.78 is 4.43. The number of allylic oxidation sites excluding steroid dienone is 1. The fourth-order valence-corrected chi connectivity index (χ4v) is 0.500. The van der Waals surface area contributed by atoms with Gasteiger partial charge in [-0.15, -0.1) is 0 Å². The van der Waals surface area contributed by atoms with E-state index in [0.717, 1.165) is 0 Å². The van der Waals surface area contributed by atoms with E-state index >= 15 is 0 Å². The van der Waals surface area contributed by atoms with Gasteiger partial charge < -0.3 is 9.84 Å². The number of rotatable bonds is 3. The third kappa shape index (κ3) is 4.33. The first kappa shape index (κ1) is 9.91. The number of hydrogen-bond acceptors (Lipinski definition) is 3. The number of carbonyl (C=O) groups is 1. The molecule has 11 heavy (non-hydrogen) atoms. The summed E-state index contributed by atoms with van der Waals surface area (Å²) in [6.45, 7) is 6.55. The van der Waals surface area contributed by atoms with E-state index in [-0.39, 0.29) is 5.57 Å². The average Bonchev–Trinajstić information content (AvgIpc) is 1.86. The number of ether oxygens (including phenoxy) is 1. The molecular formula is C8H12O3. The fraction of sp³-hybridized carbons (Fsp3) is 0.375. The average molecular weight is 156 g/mol. The minimum Gasteiger partial charge on any atom is -0.433 e. The molecule has 0 aliphatic carbocycles. The van der Waals surface area contributed by atoms with E-state index in [2.05, 4.69) is 11.3 Å². The first-order valence-corrected chi connectivity index (χ1v) is 3.28. The van der Waals surface area contributed by atoms with Crippen LogP contribution in [0.1, 0.15) is 13.8 Å². The zero-order valence-corrected chi connectivity index (χ0v) is 6.70. The van der Waals surface area contributed by atoms with Crippen LogP contribution >= 0.6 is 0 Å². The van der Waals surface area contributed by atoms with Gasteiger partial charge in [0, 0.05) is 0 Å². The maximum Gasteiger partial charge on any atom is 0.339 e. The molecule has 0 amide bonds. The standard InChI is InChI=1S/C8H12O3/c1-4-5-6(2)8(10)11-7(3)9/h4-5,7,9H,2H2,1,3H3/b5-4+. The van der Waals surface area contributed by atoms with Gasteiger partial charge in [0.1, 0.15) is 0 Å². The largest absolute Gasteiger partial charge is 0.433 e. The monoisotopic (exact) mass is 156 g/mol. The van der Waals surface area contributed by atoms with Gasteiger partial charge in [0.05, 0.1) is 5.57 Å². The van der Waals surface area contributed by atoms with Crippen LogP contribution in [0.25, 0.3) is 0 Å². The summed E-state index contributed by atoms with van der Waals surface area (Å²) in [6, 6.07) is 0. The van der Waals surface area contributed by atoms with E-state index in [1.54, 1.807) is 13.0 Å². The predicted molar refractivity (Wildman–Crippen MR) is 41.7 cm³/mol. The van der Waals surface area contributed by atoms with Gasteiger partial charge in [-0.05, 0) is 13.8 Å². The van der Waals surface area contributed by atoms with Crippen molar-refractivity contribution in [2.24, 2.45) is 0 Å². The highest BCUT2D eigenvalue weighted by atomic mass is 16.6. The zero-order valence-electron chi connectivity index (χ0n) is 6.70. The molecule has 0 aromatic carbocycles. The van der Waals surface area contributed by atoms with Crippen LogP contribution in [0.5, 0.6) is 0 Å². The topological polar surface area (TPSA) is 46.5 Å². The number of carbonyl (C=O) groups excluding carboxylic acids is 1. The van der Waals surface area contributed by atoms with E-state index in [0.29, 0.717) is 0 Å². The number of aliphatic hydroxyl groups is 1. The van der Waals surface area contributed by atoms with Crippen LogP contribution in [-0.4, -0.2) is 17.4 Å². The van der Waals surface area contributed by atoms with Gasteiger partial charge in [-0.2, -0.15) is 0 Å². The van der Waals surface area contributed by atoms with Crippen LogP contribution in [0.15, 0.2) is 24.3 Å². The van der Waals surface area contributed by atoms with Gasteiger partial charge >= 0.3 is 5.97 Å². The fourth-order valence-electron chi connectivity index (χ4n) is 0.500. The van der Waals surface area contributed by atoms with Crippen molar-refractivity contribution >= 4 is 5.97 Å². The molecular weight excluding hydrogens is 144 g/mol. The molecule has 0 saturated heterocycles. The van der Waals surface area contributed by atoms with Crippen LogP contribution in [0.2, 0.25) is 0 Å². The Balaban J connectivity index is 3.94. The van der Waals surface area contributed by atoms with Gasteiger partial charge in [-0.3, -0.25) is 0 Å². The highest BCUT2D eigenvalue weighted by molar-refractivity contribution is 5.90. The van der Waals surface area contributed by atoms with E-state index in [9.17, 15) is 4.79 Å². The van der Waals surface area contributed by atoms with Gasteiger partial charge in [-0.25, -0.2) is 4.79 Å². The molecule has 0 aromatic rings. The third-order valence-electron chi connectivity index (χ3n) is 0.908. The molecule has 1 atom stereocenters. The van der Waals surface area contributed by atoms with Gasteiger partial charge in [-0.1, -0.05) is 18.7 Å². The van der Waals surface area contributed by atoms with Crippen LogP contribution in [0.3, 0.4) is 0 Å². The minimum absolute atomic E-state index is 0.230. The SMILES string of the molecule is C=C(/C=C/C)C(=O)OC(C)O. The highest BCUT2D eigenvalue weighted by Crippen LogP contribution is 1.98. The molecule has 3 nitrogen and oxygen atoms in total. The van der Waals surface area contributed by atoms with E-state index in [1.165, 1.54) is 13.0 Å². The Hall–Kier alpha value is -1.09. The van der Waals surface area contributed by atoms with Crippen LogP contribution in [0, 0.1) is 0 Å². The molecule has 1 unspecified atom stereocenters. The lowest BCUT2D eigenvalue weighted by Crippen LogP contribution is -2.14. The van der Waals surface area contributed by atoms with Crippen molar-refractivity contribution in [2.75, 3.05) is 0 Å². The normalized spacial score (nSPS) is 13.0. The molecule has 0 radical (unpaired) electrons. The molecule has 0 bridgehead atoms. The quantitative estimate of drug-likeness (QED) is 0.287. The summed E-state index contributed by atoms with van der Waals surface area (Å²) >= 11 is 0. The molecule has 0 fully saturated rings. The molecule has 0 rings (SSSR count). The summed E-state index contributed by atoms with van der Waals surface area (Å²) in [5, 5.41) is 8.63. The van der Waals surface area contributed by atoms with Crippen molar-refractivity contribution in [1.82, 2.24) is 0 Å². The van der Waals surface area contributed by atoms with Crippen LogP contribution < -0.4 is 0 Å². The summed E-state index contributed by atoms with van der Waals surface area (Å²) in [7, 11) is 0. The van der Waals surface area contributed by atoms with Crippen molar-refractivity contribution < 1.29 is 14.6 Å². The Kier molecular flexibility index (Phi) is 4.22. The first-order valence-electron chi connectivity index (χ1n) is 3.28. The van der Waals surface area contributed by atoms with Gasteiger partial charge in [0.25, 0.3) is 0 Å². The van der Waals surface area contributed by atoms with E-state index in [1.807, 2.05) is 0 Å². The lowest BCUT2D eigenvalue weighted by molar-refractivity contribution is -0.159. The Morgan fingerprint density at radius 1 is 1.73 bits per heavy atom. The maximum atomic E-state index is 10.8. The van der Waals surface area contributed by atoms with Crippen molar-refractivity contribution in [1.29, 1.82) is 0 Å². The Morgan fingerprint density at radius 2 is 2.27 bits per heavy atom. The number of esters is 1. The first-order chi connectivity index (χ1) is 5.07. The molecule has 3 heteroatoms. The van der Waals surface area contributed by atoms with E-state index < -0.39 is 12.3 Å². The second kappa shape index (κ2) is 4.68. The highest BCUT2D eigenvalue weighted by Gasteiger charge is 2.07. The van der Waals surface area contributed by atoms with E-state index in [4.69, 9.17) is 5.11 Å². The predicted octanol–water partition coefficient (Wildman–Crippen LogP) is 1.00. The van der Waals surface area contributed by atoms with Crippen molar-refractivity contribution in [2.45, 2.75) is 20.1 Å². The van der Waals surface area contributed by atoms with Gasteiger partial charge in [0.2, 0.25) is 0 Å². The van der Waals surface area contributed by atoms with Crippen LogP contribution in [0.4, 0.5) is 0 Å². The third-order valence-corrected chi connectivity index (χ3v) is 0.908. The molecule has 62 valence electrons. The summed E-state index contributed by atoms with van der Waals surface area (Å²) in [5.41, 5.74) is 0.230. The maximum absolute atomic E-state index is 10.8. The Labute approximate surface area is 66.0 Å². The molecule has 0 aliphatic rings. The number of hydrogen-bond donors (Lipinski definition) is 1. The Morgan fingerprint density at radius 3 is 2.64 bits per heavy atom. The lowest BCUT2D eigenvalue weighted by Gasteiger charge is -2.05. The summed E-state index contributed by atoms with van der Waals surface area (Å²) in [4.78, 5) is 10.8. The summed E-state index contributed by atoms with van der Waals surface area (Å²) in [6.07, 6.45) is 2.11. The lowest BCUT2D eigenvalue weighted by atomic mass is 10.3. The Bertz CT molecular complexity index is 180. The summed E-state index contributed by atoms with van der Waals surface area (Å²) in [5.74, 6) is -0.599. The zero-order chi connectivity index (χ0) is 8.85. The molecule has 1 N–H and O–H groups in total. The molecule has 0 saturated carbocycles. The smallest absolute Gasteiger partial charge is 0.339 e. The number of aliphatic hydroxyl groups excluding tert-OH is 1. The molecule has 0 spiro atoms. The van der Waals surface area contributed by atoms with Crippen molar-refractivity contribution in [3.63, 3.8) is 0 Å². The van der Waals surface area contributed by atoms with Gasteiger partial charge in [0.15, 0.2) is 6.29 Å². The van der Waals surface area contributed by atoms with Crippen molar-refractivity contribution in [3.8, 4) is 0 Å². The second-order valence-electron chi connectivity index (χ2n) is 2.03.